The molecule has 0 N–H and O–H groups in total. The summed E-state index contributed by atoms with van der Waals surface area (Å²) in [6, 6.07) is 11.9. The number of aryl methyl sites for hydroxylation is 3. The van der Waals surface area contributed by atoms with Crippen molar-refractivity contribution in [2.75, 3.05) is 0 Å². The highest BCUT2D eigenvalue weighted by Gasteiger charge is 2.32. The summed E-state index contributed by atoms with van der Waals surface area (Å²) < 4.78 is 45.9. The number of ether oxygens (including phenoxy) is 1. The smallest absolute Gasteiger partial charge is 0.433 e. The highest BCUT2D eigenvalue weighted by atomic mass is 19.4. The van der Waals surface area contributed by atoms with Crippen LogP contribution in [0.5, 0.6) is 5.75 Å². The molecule has 180 valence electrons. The van der Waals surface area contributed by atoms with Crippen molar-refractivity contribution in [3.63, 3.8) is 0 Å². The molecule has 0 saturated heterocycles. The van der Waals surface area contributed by atoms with Gasteiger partial charge in [-0.15, -0.1) is 5.10 Å². The second-order valence-corrected chi connectivity index (χ2v) is 8.04. The molecule has 0 aliphatic heterocycles. The van der Waals surface area contributed by atoms with Gasteiger partial charge in [-0.1, -0.05) is 29.5 Å². The number of halogens is 3. The number of rotatable bonds is 8. The van der Waals surface area contributed by atoms with Crippen molar-refractivity contribution in [3.8, 4) is 17.0 Å². The van der Waals surface area contributed by atoms with Crippen LogP contribution in [-0.2, 0) is 19.3 Å². The van der Waals surface area contributed by atoms with Crippen molar-refractivity contribution in [2.45, 2.75) is 39.6 Å². The largest absolute Gasteiger partial charge is 0.489 e. The molecule has 0 radical (unpaired) electrons. The molecule has 35 heavy (non-hydrogen) atoms. The Morgan fingerprint density at radius 3 is 2.57 bits per heavy atom. The molecule has 4 aromatic rings. The van der Waals surface area contributed by atoms with Gasteiger partial charge >= 0.3 is 6.18 Å². The predicted molar refractivity (Wildman–Crippen MR) is 126 cm³/mol. The Labute approximate surface area is 201 Å². The molecule has 0 atom stereocenters. The number of allylic oxidation sites excluding steroid dienone is 1. The van der Waals surface area contributed by atoms with Crippen LogP contribution in [0.1, 0.15) is 34.5 Å². The molecule has 0 unspecified atom stereocenters. The lowest BCUT2D eigenvalue weighted by molar-refractivity contribution is -0.141. The van der Waals surface area contributed by atoms with E-state index in [0.717, 1.165) is 47.2 Å². The number of benzene rings is 1. The topological polar surface area (TPSA) is 65.7 Å². The van der Waals surface area contributed by atoms with E-state index in [9.17, 15) is 13.2 Å². The minimum Gasteiger partial charge on any atom is -0.489 e. The van der Waals surface area contributed by atoms with E-state index in [0.29, 0.717) is 17.9 Å². The first-order valence-electron chi connectivity index (χ1n) is 11.0. The van der Waals surface area contributed by atoms with E-state index in [1.54, 1.807) is 16.9 Å². The predicted octanol–water partition coefficient (Wildman–Crippen LogP) is 6.05. The van der Waals surface area contributed by atoms with Gasteiger partial charge in [-0.05, 0) is 61.7 Å². The number of aromatic nitrogens is 5. The zero-order valence-corrected chi connectivity index (χ0v) is 19.3. The molecular formula is C26H24F3N5O. The van der Waals surface area contributed by atoms with Crippen molar-refractivity contribution in [1.29, 1.82) is 0 Å². The molecule has 0 saturated carbocycles. The van der Waals surface area contributed by atoms with Gasteiger partial charge in [-0.2, -0.15) is 13.2 Å². The maximum Gasteiger partial charge on any atom is 0.433 e. The number of alkyl halides is 3. The third-order valence-electron chi connectivity index (χ3n) is 5.47. The molecule has 9 heteroatoms. The molecule has 0 amide bonds. The van der Waals surface area contributed by atoms with Gasteiger partial charge in [0.25, 0.3) is 0 Å². The van der Waals surface area contributed by atoms with Crippen molar-refractivity contribution < 1.29 is 17.9 Å². The van der Waals surface area contributed by atoms with E-state index in [-0.39, 0.29) is 0 Å². The Balaban J connectivity index is 1.35. The number of hydrogen-bond acceptors (Lipinski definition) is 5. The fourth-order valence-corrected chi connectivity index (χ4v) is 3.47. The van der Waals surface area contributed by atoms with Crippen LogP contribution in [0.4, 0.5) is 13.2 Å². The summed E-state index contributed by atoms with van der Waals surface area (Å²) in [6.07, 6.45) is 5.26. The number of hydrogen-bond donors (Lipinski definition) is 0. The van der Waals surface area contributed by atoms with Gasteiger partial charge in [-0.3, -0.25) is 14.6 Å². The number of nitrogens with zero attached hydrogens (tertiary/aromatic N) is 5. The van der Waals surface area contributed by atoms with Crippen molar-refractivity contribution >= 4 is 6.08 Å². The SMILES string of the molecule is Cc1cc(OCc2ccc(-c3ccc(C(F)(F)F)nc3)nc2C)ccc1/C=C/CCn1ccnn1. The third kappa shape index (κ3) is 6.32. The second-order valence-electron chi connectivity index (χ2n) is 8.04. The van der Waals surface area contributed by atoms with Crippen LogP contribution in [0.3, 0.4) is 0 Å². The summed E-state index contributed by atoms with van der Waals surface area (Å²) in [6.45, 7) is 4.98. The lowest BCUT2D eigenvalue weighted by Crippen LogP contribution is -2.07. The first-order valence-corrected chi connectivity index (χ1v) is 11.0. The maximum atomic E-state index is 12.7. The van der Waals surface area contributed by atoms with Crippen LogP contribution in [0.2, 0.25) is 0 Å². The Morgan fingerprint density at radius 1 is 1.06 bits per heavy atom. The summed E-state index contributed by atoms with van der Waals surface area (Å²) >= 11 is 0. The highest BCUT2D eigenvalue weighted by molar-refractivity contribution is 5.59. The summed E-state index contributed by atoms with van der Waals surface area (Å²) in [5.74, 6) is 0.748. The van der Waals surface area contributed by atoms with Crippen molar-refractivity contribution in [1.82, 2.24) is 25.0 Å². The van der Waals surface area contributed by atoms with E-state index in [4.69, 9.17) is 4.74 Å². The van der Waals surface area contributed by atoms with E-state index in [2.05, 4.69) is 32.4 Å². The summed E-state index contributed by atoms with van der Waals surface area (Å²) in [5.41, 5.74) is 4.00. The fraction of sp³-hybridized carbons (Fsp3) is 0.231. The highest BCUT2D eigenvalue weighted by Crippen LogP contribution is 2.29. The van der Waals surface area contributed by atoms with E-state index in [1.807, 2.05) is 44.3 Å². The molecule has 4 rings (SSSR count). The average Bonchev–Trinajstić information content (AvgIpc) is 3.35. The third-order valence-corrected chi connectivity index (χ3v) is 5.47. The minimum absolute atomic E-state index is 0.330. The van der Waals surface area contributed by atoms with Gasteiger partial charge in [0, 0.05) is 35.8 Å². The van der Waals surface area contributed by atoms with Crippen LogP contribution >= 0.6 is 0 Å². The van der Waals surface area contributed by atoms with Crippen LogP contribution < -0.4 is 4.74 Å². The molecule has 3 heterocycles. The zero-order chi connectivity index (χ0) is 24.8. The van der Waals surface area contributed by atoms with E-state index >= 15 is 0 Å². The van der Waals surface area contributed by atoms with Crippen LogP contribution in [0.25, 0.3) is 17.3 Å². The molecular weight excluding hydrogens is 455 g/mol. The van der Waals surface area contributed by atoms with Gasteiger partial charge in [0.15, 0.2) is 0 Å². The van der Waals surface area contributed by atoms with Crippen LogP contribution in [-0.4, -0.2) is 25.0 Å². The van der Waals surface area contributed by atoms with Gasteiger partial charge in [0.05, 0.1) is 11.9 Å². The Hall–Kier alpha value is -4.01. The standard InChI is InChI=1S/C26H24F3N5O/c1-18-15-23(9-6-20(18)5-3-4-13-34-14-12-31-33-34)35-17-22-7-10-24(32-19(22)2)21-8-11-25(30-16-21)26(27,28)29/h3,5-12,14-16H,4,13,17H2,1-2H3/b5-3+. The van der Waals surface area contributed by atoms with Gasteiger partial charge in [-0.25, -0.2) is 0 Å². The Morgan fingerprint density at radius 2 is 1.91 bits per heavy atom. The van der Waals surface area contributed by atoms with E-state index < -0.39 is 11.9 Å². The van der Waals surface area contributed by atoms with E-state index in [1.165, 1.54) is 12.3 Å². The molecule has 0 aliphatic rings. The van der Waals surface area contributed by atoms with Crippen molar-refractivity contribution in [2.24, 2.45) is 0 Å². The van der Waals surface area contributed by atoms with Crippen LogP contribution in [0.15, 0.2) is 67.1 Å². The monoisotopic (exact) mass is 479 g/mol. The van der Waals surface area contributed by atoms with Gasteiger partial charge < -0.3 is 4.74 Å². The first-order chi connectivity index (χ1) is 16.8. The lowest BCUT2D eigenvalue weighted by atomic mass is 10.1. The quantitative estimate of drug-likeness (QED) is 0.308. The molecule has 0 fully saturated rings. The number of pyridine rings is 2. The fourth-order valence-electron chi connectivity index (χ4n) is 3.47. The average molecular weight is 480 g/mol. The molecule has 6 nitrogen and oxygen atoms in total. The second kappa shape index (κ2) is 10.5. The first kappa shape index (κ1) is 24.1. The lowest BCUT2D eigenvalue weighted by Gasteiger charge is -2.12. The van der Waals surface area contributed by atoms with Crippen molar-refractivity contribution in [3.05, 3.63) is 95.2 Å². The molecule has 0 aliphatic carbocycles. The maximum absolute atomic E-state index is 12.7. The Kier molecular flexibility index (Phi) is 7.24. The molecule has 3 aromatic heterocycles. The normalized spacial score (nSPS) is 11.8. The summed E-state index contributed by atoms with van der Waals surface area (Å²) in [5, 5.41) is 7.73. The summed E-state index contributed by atoms with van der Waals surface area (Å²) in [4.78, 5) is 8.02. The van der Waals surface area contributed by atoms with Gasteiger partial charge in [0.1, 0.15) is 18.1 Å². The van der Waals surface area contributed by atoms with Gasteiger partial charge in [0.2, 0.25) is 0 Å². The minimum atomic E-state index is -4.46. The Bertz CT molecular complexity index is 1300. The molecule has 1 aromatic carbocycles. The molecule has 0 bridgehead atoms. The van der Waals surface area contributed by atoms with Crippen LogP contribution in [0, 0.1) is 13.8 Å². The zero-order valence-electron chi connectivity index (χ0n) is 19.3. The summed E-state index contributed by atoms with van der Waals surface area (Å²) in [7, 11) is 0. The molecule has 0 spiro atoms.